The van der Waals surface area contributed by atoms with Gasteiger partial charge in [-0.05, 0) is 56.2 Å². The smallest absolute Gasteiger partial charge is 0.306 e. The summed E-state index contributed by atoms with van der Waals surface area (Å²) in [7, 11) is 4.59. The van der Waals surface area contributed by atoms with Crippen molar-refractivity contribution in [1.82, 2.24) is 4.57 Å². The quantitative estimate of drug-likeness (QED) is 0.305. The fraction of sp³-hybridized carbons (Fsp3) is 0.333. The van der Waals surface area contributed by atoms with Crippen molar-refractivity contribution in [2.45, 2.75) is 26.7 Å². The van der Waals surface area contributed by atoms with Crippen molar-refractivity contribution in [2.24, 2.45) is 0 Å². The number of esters is 1. The van der Waals surface area contributed by atoms with E-state index in [0.29, 0.717) is 40.7 Å². The number of fused-ring (bicyclic) bond motifs is 1. The molecule has 0 fully saturated rings. The molecule has 0 spiro atoms. The van der Waals surface area contributed by atoms with E-state index < -0.39 is 5.97 Å². The molecule has 9 heteroatoms. The average molecular weight is 496 g/mol. The number of ketones is 1. The monoisotopic (exact) mass is 495 g/mol. The van der Waals surface area contributed by atoms with Crippen molar-refractivity contribution in [2.75, 3.05) is 34.7 Å². The number of Topliss-reactive ketones (excluding diaryl/α,β-unsaturated/α-hetero) is 1. The predicted octanol–water partition coefficient (Wildman–Crippen LogP) is 4.21. The normalized spacial score (nSPS) is 11.8. The second-order valence-electron chi connectivity index (χ2n) is 8.28. The van der Waals surface area contributed by atoms with Gasteiger partial charge in [0.1, 0.15) is 0 Å². The van der Waals surface area contributed by atoms with Crippen LogP contribution in [0.2, 0.25) is 0 Å². The molecule has 1 aliphatic heterocycles. The molecule has 0 saturated heterocycles. The van der Waals surface area contributed by atoms with Crippen LogP contribution in [0, 0.1) is 13.8 Å². The number of carbonyl (C=O) groups excluding carboxylic acids is 2. The maximum Gasteiger partial charge on any atom is 0.306 e. The molecule has 4 rings (SSSR count). The maximum atomic E-state index is 12.9. The number of methoxy groups -OCH3 is 3. The van der Waals surface area contributed by atoms with Gasteiger partial charge in [0.05, 0.1) is 21.3 Å². The van der Waals surface area contributed by atoms with Crippen LogP contribution in [-0.2, 0) is 16.0 Å². The molecule has 2 aromatic carbocycles. The van der Waals surface area contributed by atoms with Gasteiger partial charge in [-0.15, -0.1) is 0 Å². The SMILES string of the molecule is COc1cc(CCC(=O)OCC(=O)c2cc(C)n(-c3ccc4c(c3)OCO4)c2C)cc(OC)c1OC. The Kier molecular flexibility index (Phi) is 7.38. The van der Waals surface area contributed by atoms with Crippen LogP contribution in [0.5, 0.6) is 28.7 Å². The Morgan fingerprint density at radius 3 is 2.28 bits per heavy atom. The van der Waals surface area contributed by atoms with Crippen molar-refractivity contribution in [1.29, 1.82) is 0 Å². The Balaban J connectivity index is 1.38. The summed E-state index contributed by atoms with van der Waals surface area (Å²) < 4.78 is 34.1. The van der Waals surface area contributed by atoms with Gasteiger partial charge in [0.2, 0.25) is 18.3 Å². The third kappa shape index (κ3) is 4.95. The van der Waals surface area contributed by atoms with E-state index >= 15 is 0 Å². The zero-order chi connectivity index (χ0) is 25.8. The summed E-state index contributed by atoms with van der Waals surface area (Å²) in [4.78, 5) is 25.3. The molecule has 9 nitrogen and oxygen atoms in total. The summed E-state index contributed by atoms with van der Waals surface area (Å²) in [6.07, 6.45) is 0.491. The summed E-state index contributed by atoms with van der Waals surface area (Å²) in [6.45, 7) is 3.63. The molecular weight excluding hydrogens is 466 g/mol. The van der Waals surface area contributed by atoms with Crippen molar-refractivity contribution >= 4 is 11.8 Å². The van der Waals surface area contributed by atoms with E-state index in [2.05, 4.69) is 0 Å². The van der Waals surface area contributed by atoms with Crippen LogP contribution in [0.15, 0.2) is 36.4 Å². The Morgan fingerprint density at radius 2 is 1.61 bits per heavy atom. The Hall–Kier alpha value is -4.14. The molecule has 3 aromatic rings. The zero-order valence-corrected chi connectivity index (χ0v) is 21.0. The van der Waals surface area contributed by atoms with E-state index in [1.165, 1.54) is 21.3 Å². The van der Waals surface area contributed by atoms with Crippen LogP contribution in [0.4, 0.5) is 0 Å². The minimum atomic E-state index is -0.471. The van der Waals surface area contributed by atoms with E-state index in [1.807, 2.05) is 36.6 Å². The lowest BCUT2D eigenvalue weighted by molar-refractivity contribution is -0.142. The van der Waals surface area contributed by atoms with Crippen LogP contribution in [0.1, 0.15) is 33.7 Å². The van der Waals surface area contributed by atoms with E-state index in [0.717, 1.165) is 22.6 Å². The second-order valence-corrected chi connectivity index (χ2v) is 8.28. The number of benzene rings is 2. The molecule has 2 heterocycles. The van der Waals surface area contributed by atoms with Crippen LogP contribution in [0.25, 0.3) is 5.69 Å². The lowest BCUT2D eigenvalue weighted by Gasteiger charge is -2.14. The van der Waals surface area contributed by atoms with Gasteiger partial charge in [-0.1, -0.05) is 0 Å². The van der Waals surface area contributed by atoms with Gasteiger partial charge in [-0.25, -0.2) is 0 Å². The average Bonchev–Trinajstić information content (AvgIpc) is 3.47. The number of ether oxygens (including phenoxy) is 6. The first-order valence-corrected chi connectivity index (χ1v) is 11.4. The third-order valence-electron chi connectivity index (χ3n) is 6.05. The van der Waals surface area contributed by atoms with E-state index in [4.69, 9.17) is 28.4 Å². The topological polar surface area (TPSA) is 94.5 Å². The Bertz CT molecular complexity index is 1270. The first-order chi connectivity index (χ1) is 17.4. The molecule has 36 heavy (non-hydrogen) atoms. The lowest BCUT2D eigenvalue weighted by atomic mass is 10.1. The molecule has 0 atom stereocenters. The van der Waals surface area contributed by atoms with Gasteiger partial charge < -0.3 is 33.0 Å². The van der Waals surface area contributed by atoms with E-state index in [9.17, 15) is 9.59 Å². The summed E-state index contributed by atoms with van der Waals surface area (Å²) >= 11 is 0. The largest absolute Gasteiger partial charge is 0.493 e. The van der Waals surface area contributed by atoms with Crippen LogP contribution >= 0.6 is 0 Å². The molecule has 0 aliphatic carbocycles. The highest BCUT2D eigenvalue weighted by Gasteiger charge is 2.21. The molecule has 0 radical (unpaired) electrons. The van der Waals surface area contributed by atoms with Crippen molar-refractivity contribution in [3.63, 3.8) is 0 Å². The lowest BCUT2D eigenvalue weighted by Crippen LogP contribution is -2.15. The van der Waals surface area contributed by atoms with Crippen LogP contribution < -0.4 is 23.7 Å². The highest BCUT2D eigenvalue weighted by atomic mass is 16.7. The zero-order valence-electron chi connectivity index (χ0n) is 21.0. The number of hydrogen-bond donors (Lipinski definition) is 0. The Labute approximate surface area is 209 Å². The first kappa shape index (κ1) is 25.0. The fourth-order valence-electron chi connectivity index (χ4n) is 4.29. The van der Waals surface area contributed by atoms with Crippen LogP contribution in [-0.4, -0.2) is 51.0 Å². The summed E-state index contributed by atoms with van der Waals surface area (Å²) in [5.41, 5.74) is 3.81. The number of carbonyl (C=O) groups is 2. The maximum absolute atomic E-state index is 12.9. The van der Waals surface area contributed by atoms with Crippen LogP contribution in [0.3, 0.4) is 0 Å². The Morgan fingerprint density at radius 1 is 0.917 bits per heavy atom. The highest BCUT2D eigenvalue weighted by Crippen LogP contribution is 2.38. The molecule has 0 saturated carbocycles. The fourth-order valence-corrected chi connectivity index (χ4v) is 4.29. The third-order valence-corrected chi connectivity index (χ3v) is 6.05. The first-order valence-electron chi connectivity index (χ1n) is 11.4. The molecule has 0 bridgehead atoms. The van der Waals surface area contributed by atoms with Gasteiger partial charge in [0.25, 0.3) is 0 Å². The molecule has 0 unspecified atom stereocenters. The predicted molar refractivity (Wildman–Crippen MR) is 131 cm³/mol. The number of nitrogens with zero attached hydrogens (tertiary/aromatic N) is 1. The highest BCUT2D eigenvalue weighted by molar-refractivity contribution is 5.99. The van der Waals surface area contributed by atoms with E-state index in [-0.39, 0.29) is 25.6 Å². The number of hydrogen-bond acceptors (Lipinski definition) is 8. The van der Waals surface area contributed by atoms with Gasteiger partial charge in [-0.3, -0.25) is 9.59 Å². The standard InChI is InChI=1S/C27H29NO8/c1-16-10-20(17(2)28(16)19-7-8-22-23(13-19)36-15-35-22)21(29)14-34-26(30)9-6-18-11-24(31-3)27(33-5)25(12-18)32-4/h7-8,10-13H,6,9,14-15H2,1-5H3. The molecule has 190 valence electrons. The molecule has 0 N–H and O–H groups in total. The number of aromatic nitrogens is 1. The summed E-state index contributed by atoms with van der Waals surface area (Å²) in [6, 6.07) is 11.0. The molecule has 1 aliphatic rings. The van der Waals surface area contributed by atoms with E-state index in [1.54, 1.807) is 18.2 Å². The second kappa shape index (κ2) is 10.6. The van der Waals surface area contributed by atoms with Crippen molar-refractivity contribution in [3.8, 4) is 34.4 Å². The minimum Gasteiger partial charge on any atom is -0.493 e. The number of rotatable bonds is 10. The molecular formula is C27H29NO8. The summed E-state index contributed by atoms with van der Waals surface area (Å²) in [5, 5.41) is 0. The number of aryl methyl sites for hydroxylation is 2. The molecule has 0 amide bonds. The van der Waals surface area contributed by atoms with Crippen molar-refractivity contribution in [3.05, 3.63) is 58.9 Å². The van der Waals surface area contributed by atoms with Crippen molar-refractivity contribution < 1.29 is 38.0 Å². The van der Waals surface area contributed by atoms with Gasteiger partial charge in [0, 0.05) is 35.1 Å². The van der Waals surface area contributed by atoms with Gasteiger partial charge in [-0.2, -0.15) is 0 Å². The minimum absolute atomic E-state index is 0.0993. The molecule has 1 aromatic heterocycles. The van der Waals surface area contributed by atoms with Gasteiger partial charge >= 0.3 is 5.97 Å². The van der Waals surface area contributed by atoms with Gasteiger partial charge in [0.15, 0.2) is 29.6 Å². The summed E-state index contributed by atoms with van der Waals surface area (Å²) in [5.74, 6) is 2.11.